The summed E-state index contributed by atoms with van der Waals surface area (Å²) in [7, 11) is 0. The number of fused-ring (bicyclic) bond motifs is 1. The maximum absolute atomic E-state index is 12.6. The van der Waals surface area contributed by atoms with E-state index in [1.807, 2.05) is 25.1 Å². The molecule has 0 aliphatic carbocycles. The molecular formula is C15H19NO4. The molecule has 0 spiro atoms. The summed E-state index contributed by atoms with van der Waals surface area (Å²) in [6.07, 6.45) is -0.344. The van der Waals surface area contributed by atoms with E-state index in [4.69, 9.17) is 9.47 Å². The van der Waals surface area contributed by atoms with Crippen LogP contribution >= 0.6 is 0 Å². The number of carbonyl (C=O) groups excluding carboxylic acids is 1. The fourth-order valence-corrected chi connectivity index (χ4v) is 2.80. The van der Waals surface area contributed by atoms with Crippen molar-refractivity contribution in [3.8, 4) is 0 Å². The Morgan fingerprint density at radius 2 is 2.15 bits per heavy atom. The van der Waals surface area contributed by atoms with E-state index in [1.165, 1.54) is 0 Å². The van der Waals surface area contributed by atoms with Crippen molar-refractivity contribution in [3.05, 3.63) is 34.9 Å². The minimum Gasteiger partial charge on any atom is -0.394 e. The molecule has 2 aliphatic rings. The Bertz CT molecular complexity index is 517. The molecule has 2 aliphatic heterocycles. The minimum atomic E-state index is -0.291. The van der Waals surface area contributed by atoms with Crippen LogP contribution in [-0.2, 0) is 22.7 Å². The van der Waals surface area contributed by atoms with Gasteiger partial charge in [-0.1, -0.05) is 6.07 Å². The fraction of sp³-hybridized carbons (Fsp3) is 0.533. The topological polar surface area (TPSA) is 59.0 Å². The Hall–Kier alpha value is -1.43. The van der Waals surface area contributed by atoms with Crippen molar-refractivity contribution < 1.29 is 19.4 Å². The second-order valence-electron chi connectivity index (χ2n) is 5.44. The number of ether oxygens (including phenoxy) is 2. The lowest BCUT2D eigenvalue weighted by atomic mass is 10.0. The van der Waals surface area contributed by atoms with Crippen LogP contribution in [0.1, 0.15) is 28.4 Å². The Morgan fingerprint density at radius 3 is 2.95 bits per heavy atom. The smallest absolute Gasteiger partial charge is 0.254 e. The summed E-state index contributed by atoms with van der Waals surface area (Å²) in [4.78, 5) is 14.3. The molecule has 2 heterocycles. The quantitative estimate of drug-likeness (QED) is 0.874. The van der Waals surface area contributed by atoms with Crippen molar-refractivity contribution in [2.75, 3.05) is 19.7 Å². The third-order valence-corrected chi connectivity index (χ3v) is 3.79. The number of carbonyl (C=O) groups is 1. The van der Waals surface area contributed by atoms with Crippen molar-refractivity contribution in [2.24, 2.45) is 0 Å². The van der Waals surface area contributed by atoms with Crippen molar-refractivity contribution in [1.29, 1.82) is 0 Å². The highest BCUT2D eigenvalue weighted by molar-refractivity contribution is 5.94. The summed E-state index contributed by atoms with van der Waals surface area (Å²) in [6.45, 7) is 4.06. The summed E-state index contributed by atoms with van der Waals surface area (Å²) in [5.74, 6) is -0.00620. The van der Waals surface area contributed by atoms with Crippen molar-refractivity contribution in [2.45, 2.75) is 32.3 Å². The molecule has 108 valence electrons. The zero-order valence-electron chi connectivity index (χ0n) is 11.5. The first-order chi connectivity index (χ1) is 9.67. The highest BCUT2D eigenvalue weighted by atomic mass is 16.5. The van der Waals surface area contributed by atoms with Gasteiger partial charge in [-0.05, 0) is 30.2 Å². The molecule has 5 nitrogen and oxygen atoms in total. The van der Waals surface area contributed by atoms with Gasteiger partial charge in [0.2, 0.25) is 0 Å². The zero-order valence-corrected chi connectivity index (χ0v) is 11.5. The predicted octanol–water partition coefficient (Wildman–Crippen LogP) is 0.939. The molecule has 2 unspecified atom stereocenters. The van der Waals surface area contributed by atoms with Crippen molar-refractivity contribution >= 4 is 5.91 Å². The average Bonchev–Trinajstić information content (AvgIpc) is 2.93. The number of morpholine rings is 1. The Morgan fingerprint density at radius 1 is 1.35 bits per heavy atom. The molecule has 1 fully saturated rings. The minimum absolute atomic E-state index is 0.00620. The summed E-state index contributed by atoms with van der Waals surface area (Å²) in [5, 5.41) is 9.23. The van der Waals surface area contributed by atoms with Gasteiger partial charge in [-0.15, -0.1) is 0 Å². The zero-order chi connectivity index (χ0) is 14.1. The molecule has 0 saturated carbocycles. The van der Waals surface area contributed by atoms with Gasteiger partial charge in [-0.25, -0.2) is 0 Å². The number of aliphatic hydroxyl groups excluding tert-OH is 1. The van der Waals surface area contributed by atoms with Gasteiger partial charge in [0.05, 0.1) is 32.0 Å². The Kier molecular flexibility index (Phi) is 3.74. The van der Waals surface area contributed by atoms with Gasteiger partial charge in [0, 0.05) is 18.7 Å². The van der Waals surface area contributed by atoms with Crippen molar-refractivity contribution in [1.82, 2.24) is 4.90 Å². The molecule has 1 aromatic rings. The SMILES string of the molecule is CC1CN(C(=O)c2ccc3c(c2)COC3)CC(CO)O1. The van der Waals surface area contributed by atoms with Gasteiger partial charge < -0.3 is 19.5 Å². The van der Waals surface area contributed by atoms with Gasteiger partial charge in [0.15, 0.2) is 0 Å². The maximum Gasteiger partial charge on any atom is 0.254 e. The van der Waals surface area contributed by atoms with Crippen LogP contribution < -0.4 is 0 Å². The van der Waals surface area contributed by atoms with Crippen LogP contribution in [0.4, 0.5) is 0 Å². The summed E-state index contributed by atoms with van der Waals surface area (Å²) in [5.41, 5.74) is 2.93. The van der Waals surface area contributed by atoms with E-state index in [9.17, 15) is 9.90 Å². The summed E-state index contributed by atoms with van der Waals surface area (Å²) < 4.78 is 10.9. The number of hydrogen-bond acceptors (Lipinski definition) is 4. The molecular weight excluding hydrogens is 258 g/mol. The molecule has 0 aromatic heterocycles. The van der Waals surface area contributed by atoms with E-state index < -0.39 is 0 Å². The molecule has 3 rings (SSSR count). The molecule has 1 N–H and O–H groups in total. The highest BCUT2D eigenvalue weighted by Gasteiger charge is 2.29. The number of amides is 1. The average molecular weight is 277 g/mol. The lowest BCUT2D eigenvalue weighted by Gasteiger charge is -2.36. The fourth-order valence-electron chi connectivity index (χ4n) is 2.80. The molecule has 0 radical (unpaired) electrons. The van der Waals surface area contributed by atoms with Crippen LogP contribution in [0, 0.1) is 0 Å². The molecule has 1 saturated heterocycles. The van der Waals surface area contributed by atoms with Crippen LogP contribution in [0.15, 0.2) is 18.2 Å². The van der Waals surface area contributed by atoms with E-state index in [0.29, 0.717) is 31.9 Å². The first-order valence-corrected chi connectivity index (χ1v) is 6.92. The number of aliphatic hydroxyl groups is 1. The third kappa shape index (κ3) is 2.57. The van der Waals surface area contributed by atoms with Gasteiger partial charge in [-0.3, -0.25) is 4.79 Å². The standard InChI is InChI=1S/C15H19NO4/c1-10-5-16(6-14(7-17)20-10)15(18)11-2-3-12-8-19-9-13(12)4-11/h2-4,10,14,17H,5-9H2,1H3. The highest BCUT2D eigenvalue weighted by Crippen LogP contribution is 2.22. The normalized spacial score (nSPS) is 25.6. The van der Waals surface area contributed by atoms with Crippen LogP contribution in [0.3, 0.4) is 0 Å². The van der Waals surface area contributed by atoms with Crippen LogP contribution in [0.25, 0.3) is 0 Å². The van der Waals surface area contributed by atoms with Gasteiger partial charge in [-0.2, -0.15) is 0 Å². The van der Waals surface area contributed by atoms with Crippen LogP contribution in [0.2, 0.25) is 0 Å². The number of hydrogen-bond donors (Lipinski definition) is 1. The van der Waals surface area contributed by atoms with Crippen LogP contribution in [-0.4, -0.2) is 47.8 Å². The second-order valence-corrected chi connectivity index (χ2v) is 5.44. The Balaban J connectivity index is 1.78. The first kappa shape index (κ1) is 13.5. The number of nitrogens with zero attached hydrogens (tertiary/aromatic N) is 1. The van der Waals surface area contributed by atoms with E-state index in [0.717, 1.165) is 11.1 Å². The van der Waals surface area contributed by atoms with E-state index in [-0.39, 0.29) is 24.7 Å². The Labute approximate surface area is 118 Å². The van der Waals surface area contributed by atoms with Gasteiger partial charge in [0.25, 0.3) is 5.91 Å². The molecule has 1 amide bonds. The predicted molar refractivity (Wildman–Crippen MR) is 72.3 cm³/mol. The second kappa shape index (κ2) is 5.52. The maximum atomic E-state index is 12.6. The van der Waals surface area contributed by atoms with Gasteiger partial charge in [0.1, 0.15) is 0 Å². The molecule has 2 atom stereocenters. The van der Waals surface area contributed by atoms with E-state index >= 15 is 0 Å². The number of benzene rings is 1. The largest absolute Gasteiger partial charge is 0.394 e. The lowest BCUT2D eigenvalue weighted by Crippen LogP contribution is -2.50. The molecule has 5 heteroatoms. The number of rotatable bonds is 2. The molecule has 1 aromatic carbocycles. The summed E-state index contributed by atoms with van der Waals surface area (Å²) >= 11 is 0. The van der Waals surface area contributed by atoms with Crippen LogP contribution in [0.5, 0.6) is 0 Å². The molecule has 0 bridgehead atoms. The third-order valence-electron chi connectivity index (χ3n) is 3.79. The first-order valence-electron chi connectivity index (χ1n) is 6.92. The van der Waals surface area contributed by atoms with Crippen molar-refractivity contribution in [3.63, 3.8) is 0 Å². The van der Waals surface area contributed by atoms with Gasteiger partial charge >= 0.3 is 0 Å². The van der Waals surface area contributed by atoms with E-state index in [1.54, 1.807) is 4.90 Å². The molecule has 20 heavy (non-hydrogen) atoms. The summed E-state index contributed by atoms with van der Waals surface area (Å²) in [6, 6.07) is 5.73. The van der Waals surface area contributed by atoms with E-state index in [2.05, 4.69) is 0 Å². The monoisotopic (exact) mass is 277 g/mol. The lowest BCUT2D eigenvalue weighted by molar-refractivity contribution is -0.0858.